The molecule has 13 rings (SSSR count). The fraction of sp³-hybridized carbons (Fsp3) is 0. The van der Waals surface area contributed by atoms with Crippen molar-refractivity contribution in [3.8, 4) is 5.69 Å². The Morgan fingerprint density at radius 3 is 1.21 bits per heavy atom. The maximum atomic E-state index is 2.56. The summed E-state index contributed by atoms with van der Waals surface area (Å²) in [6.45, 7) is 0. The third kappa shape index (κ3) is 3.11. The first-order chi connectivity index (χ1) is 25.8. The highest BCUT2D eigenvalue weighted by atomic mass is 15.0. The van der Waals surface area contributed by atoms with Crippen molar-refractivity contribution in [1.29, 1.82) is 0 Å². The maximum absolute atomic E-state index is 2.56. The zero-order chi connectivity index (χ0) is 33.7. The van der Waals surface area contributed by atoms with Crippen molar-refractivity contribution in [2.24, 2.45) is 0 Å². The Morgan fingerprint density at radius 2 is 0.615 bits per heavy atom. The van der Waals surface area contributed by atoms with Gasteiger partial charge in [-0.2, -0.15) is 0 Å². The van der Waals surface area contributed by atoms with Crippen molar-refractivity contribution in [2.45, 2.75) is 0 Å². The third-order valence-corrected chi connectivity index (χ3v) is 11.7. The molecule has 0 saturated carbocycles. The summed E-state index contributed by atoms with van der Waals surface area (Å²) in [5.74, 6) is 0. The molecule has 0 aliphatic rings. The van der Waals surface area contributed by atoms with Crippen molar-refractivity contribution in [2.75, 3.05) is 0 Å². The molecule has 4 heteroatoms. The highest BCUT2D eigenvalue weighted by Crippen LogP contribution is 2.43. The zero-order valence-corrected chi connectivity index (χ0v) is 28.0. The summed E-state index contributed by atoms with van der Waals surface area (Å²) in [4.78, 5) is 0. The lowest BCUT2D eigenvalue weighted by atomic mass is 10.1. The molecule has 4 nitrogen and oxygen atoms in total. The molecule has 0 aliphatic heterocycles. The first-order valence-corrected chi connectivity index (χ1v) is 18.0. The van der Waals surface area contributed by atoms with E-state index in [2.05, 4.69) is 188 Å². The van der Waals surface area contributed by atoms with E-state index < -0.39 is 0 Å². The summed E-state index contributed by atoms with van der Waals surface area (Å²) < 4.78 is 10.0. The van der Waals surface area contributed by atoms with Gasteiger partial charge in [0.05, 0.1) is 60.7 Å². The van der Waals surface area contributed by atoms with Gasteiger partial charge >= 0.3 is 0 Å². The number of rotatable bonds is 1. The van der Waals surface area contributed by atoms with Crippen LogP contribution in [0.1, 0.15) is 0 Å². The van der Waals surface area contributed by atoms with E-state index >= 15 is 0 Å². The van der Waals surface area contributed by atoms with Crippen LogP contribution < -0.4 is 0 Å². The average Bonchev–Trinajstić information content (AvgIpc) is 3.93. The van der Waals surface area contributed by atoms with Crippen LogP contribution in [0.3, 0.4) is 0 Å². The number of hydrogen-bond donors (Lipinski definition) is 0. The molecule has 0 unspecified atom stereocenters. The number of para-hydroxylation sites is 7. The minimum Gasteiger partial charge on any atom is -0.309 e. The number of hydrogen-bond acceptors (Lipinski definition) is 0. The van der Waals surface area contributed by atoms with E-state index in [4.69, 9.17) is 0 Å². The smallest absolute Gasteiger partial charge is 0.0789 e. The first kappa shape index (κ1) is 26.8. The summed E-state index contributed by atoms with van der Waals surface area (Å²) in [6, 6.07) is 62.9. The highest BCUT2D eigenvalue weighted by Gasteiger charge is 2.22. The first-order valence-electron chi connectivity index (χ1n) is 18.0. The molecule has 0 fully saturated rings. The molecule has 5 heterocycles. The van der Waals surface area contributed by atoms with E-state index in [9.17, 15) is 0 Å². The molecule has 5 aromatic heterocycles. The average molecular weight is 661 g/mol. The van der Waals surface area contributed by atoms with Gasteiger partial charge in [-0.15, -0.1) is 0 Å². The molecule has 0 bridgehead atoms. The Morgan fingerprint density at radius 1 is 0.231 bits per heavy atom. The molecule has 0 atom stereocenters. The second-order valence-electron chi connectivity index (χ2n) is 14.1. The summed E-state index contributed by atoms with van der Waals surface area (Å²) >= 11 is 0. The third-order valence-electron chi connectivity index (χ3n) is 11.7. The monoisotopic (exact) mass is 660 g/mol. The van der Waals surface area contributed by atoms with Crippen molar-refractivity contribution in [1.82, 2.24) is 17.8 Å². The molecular formula is C48H28N4. The van der Waals surface area contributed by atoms with Crippen molar-refractivity contribution in [3.05, 3.63) is 170 Å². The fourth-order valence-electron chi connectivity index (χ4n) is 9.65. The molecule has 13 aromatic rings. The molecule has 0 amide bonds. The molecule has 52 heavy (non-hydrogen) atoms. The van der Waals surface area contributed by atoms with Gasteiger partial charge in [-0.1, -0.05) is 109 Å². The summed E-state index contributed by atoms with van der Waals surface area (Å²) in [5.41, 5.74) is 14.4. The van der Waals surface area contributed by atoms with Crippen LogP contribution in [0.15, 0.2) is 170 Å². The van der Waals surface area contributed by atoms with Crippen molar-refractivity contribution < 1.29 is 0 Å². The van der Waals surface area contributed by atoms with Gasteiger partial charge in [0, 0.05) is 48.8 Å². The molecule has 0 radical (unpaired) electrons. The van der Waals surface area contributed by atoms with Crippen LogP contribution >= 0.6 is 0 Å². The molecule has 0 saturated heterocycles. The second kappa shape index (κ2) is 9.39. The van der Waals surface area contributed by atoms with Crippen LogP contribution in [-0.2, 0) is 0 Å². The Kier molecular flexibility index (Phi) is 4.83. The number of fused-ring (bicyclic) bond motifs is 16. The van der Waals surface area contributed by atoms with E-state index in [1.165, 1.54) is 104 Å². The van der Waals surface area contributed by atoms with E-state index in [1.54, 1.807) is 0 Å². The summed E-state index contributed by atoms with van der Waals surface area (Å²) in [6.07, 6.45) is 0. The van der Waals surface area contributed by atoms with Gasteiger partial charge in [-0.3, -0.25) is 0 Å². The predicted molar refractivity (Wildman–Crippen MR) is 219 cm³/mol. The van der Waals surface area contributed by atoms with E-state index in [0.717, 1.165) is 5.69 Å². The Bertz CT molecular complexity index is 3640. The molecule has 0 spiro atoms. The summed E-state index contributed by atoms with van der Waals surface area (Å²) in [5, 5.41) is 10.0. The van der Waals surface area contributed by atoms with Crippen LogP contribution in [0.4, 0.5) is 0 Å². The lowest BCUT2D eigenvalue weighted by Crippen LogP contribution is -1.94. The van der Waals surface area contributed by atoms with Crippen LogP contribution in [0.2, 0.25) is 0 Å². The SMILES string of the molecule is c1ccc2c(c1)c1ccccc1n2-c1ccc2c(c1)c1ccc3c4ccccc4n4c5ccccc5n5c6ccccc6c6cccc(c65)n2c1c34. The topological polar surface area (TPSA) is 18.2 Å². The van der Waals surface area contributed by atoms with Gasteiger partial charge in [-0.25, -0.2) is 0 Å². The predicted octanol–water partition coefficient (Wildman–Crippen LogP) is 12.5. The lowest BCUT2D eigenvalue weighted by molar-refractivity contribution is 1.18. The number of benzene rings is 8. The van der Waals surface area contributed by atoms with Gasteiger partial charge < -0.3 is 17.8 Å². The van der Waals surface area contributed by atoms with Crippen LogP contribution in [0.25, 0.3) is 109 Å². The second-order valence-corrected chi connectivity index (χ2v) is 14.1. The fourth-order valence-corrected chi connectivity index (χ4v) is 9.65. The molecule has 0 aliphatic carbocycles. The number of nitrogens with zero attached hydrogens (tertiary/aromatic N) is 4. The van der Waals surface area contributed by atoms with Gasteiger partial charge in [0.15, 0.2) is 0 Å². The van der Waals surface area contributed by atoms with Gasteiger partial charge in [0.1, 0.15) is 0 Å². The molecular weight excluding hydrogens is 633 g/mol. The Labute approximate surface area is 296 Å². The quantitative estimate of drug-likeness (QED) is 0.167. The number of aromatic nitrogens is 4. The van der Waals surface area contributed by atoms with Crippen molar-refractivity contribution >= 4 is 104 Å². The minimum absolute atomic E-state index is 1.16. The lowest BCUT2D eigenvalue weighted by Gasteiger charge is -2.09. The largest absolute Gasteiger partial charge is 0.309 e. The zero-order valence-electron chi connectivity index (χ0n) is 28.0. The Balaban J connectivity index is 1.35. The standard InChI is InChI=1S/C48H28N4/c1-5-17-38-30(12-1)31-13-2-6-18-39(31)49(38)29-24-27-42-37(28-29)36-26-25-35-33-15-4-8-20-41(33)51-44-22-10-9-21-43(44)50-40-19-7-3-14-32(40)34-16-11-23-45(46(34)50)52(42)48(36)47(35)51/h1-28H. The van der Waals surface area contributed by atoms with Crippen LogP contribution in [-0.4, -0.2) is 17.8 Å². The molecule has 0 N–H and O–H groups in total. The highest BCUT2D eigenvalue weighted by molar-refractivity contribution is 6.26. The Hall–Kier alpha value is -7.04. The maximum Gasteiger partial charge on any atom is 0.0789 e. The summed E-state index contributed by atoms with van der Waals surface area (Å²) in [7, 11) is 0. The van der Waals surface area contributed by atoms with Crippen LogP contribution in [0, 0.1) is 0 Å². The van der Waals surface area contributed by atoms with Gasteiger partial charge in [0.2, 0.25) is 0 Å². The van der Waals surface area contributed by atoms with E-state index in [-0.39, 0.29) is 0 Å². The normalized spacial score (nSPS) is 12.6. The van der Waals surface area contributed by atoms with Gasteiger partial charge in [0.25, 0.3) is 0 Å². The van der Waals surface area contributed by atoms with E-state index in [1.807, 2.05) is 0 Å². The molecule has 8 aromatic carbocycles. The van der Waals surface area contributed by atoms with Crippen molar-refractivity contribution in [3.63, 3.8) is 0 Å². The van der Waals surface area contributed by atoms with Gasteiger partial charge in [-0.05, 0) is 60.7 Å². The van der Waals surface area contributed by atoms with E-state index in [0.29, 0.717) is 0 Å². The molecule has 240 valence electrons. The minimum atomic E-state index is 1.16. The van der Waals surface area contributed by atoms with Crippen LogP contribution in [0.5, 0.6) is 0 Å².